The lowest BCUT2D eigenvalue weighted by Gasteiger charge is -2.35. The monoisotopic (exact) mass is 957 g/mol. The summed E-state index contributed by atoms with van der Waals surface area (Å²) in [7, 11) is -2.06. The van der Waals surface area contributed by atoms with Crippen LogP contribution in [0.3, 0.4) is 0 Å². The Balaban J connectivity index is 1.72. The van der Waals surface area contributed by atoms with Crippen LogP contribution in [-0.2, 0) is 33.6 Å². The van der Waals surface area contributed by atoms with E-state index in [1.54, 1.807) is 4.90 Å². The highest BCUT2D eigenvalue weighted by Gasteiger charge is 2.38. The molecule has 6 N–H and O–H groups in total. The number of aliphatic carboxylic acids is 1. The van der Waals surface area contributed by atoms with Gasteiger partial charge in [-0.3, -0.25) is 38.5 Å². The highest BCUT2D eigenvalue weighted by atomic mass is 28.3. The Morgan fingerprint density at radius 2 is 1.18 bits per heavy atom. The Hall–Kier alpha value is -3.59. The van der Waals surface area contributed by atoms with E-state index in [4.69, 9.17) is 10.8 Å². The van der Waals surface area contributed by atoms with Crippen LogP contribution in [0.4, 0.5) is 0 Å². The molecule has 3 aliphatic rings. The predicted octanol–water partition coefficient (Wildman–Crippen LogP) is 8.54. The molecule has 0 bridgehead atoms. The zero-order chi connectivity index (χ0) is 48.7. The maximum atomic E-state index is 14.2. The van der Waals surface area contributed by atoms with Crippen LogP contribution in [0.2, 0.25) is 24.2 Å². The number of carboxylic acids is 1. The van der Waals surface area contributed by atoms with E-state index < -0.39 is 44.5 Å². The lowest BCUT2D eigenvalue weighted by Crippen LogP contribution is -2.53. The van der Waals surface area contributed by atoms with E-state index in [1.807, 2.05) is 0 Å². The molecule has 67 heavy (non-hydrogen) atoms. The summed E-state index contributed by atoms with van der Waals surface area (Å²) in [6.45, 7) is 5.98. The van der Waals surface area contributed by atoms with E-state index in [9.17, 15) is 33.6 Å². The maximum Gasteiger partial charge on any atom is 0.322 e. The summed E-state index contributed by atoms with van der Waals surface area (Å²) in [5, 5.41) is 18.5. The average Bonchev–Trinajstić information content (AvgIpc) is 3.93. The molecule has 14 nitrogen and oxygen atoms in total. The number of carboxylic acid groups (broad SMARTS) is 1. The second-order valence-corrected chi connectivity index (χ2v) is 25.3. The third kappa shape index (κ3) is 23.0. The molecule has 0 aromatic heterocycles. The summed E-state index contributed by atoms with van der Waals surface area (Å²) in [5.41, 5.74) is 5.60. The Morgan fingerprint density at radius 1 is 0.672 bits per heavy atom. The van der Waals surface area contributed by atoms with Crippen LogP contribution in [0.1, 0.15) is 194 Å². The molecule has 6 amide bonds. The molecule has 0 radical (unpaired) electrons. The topological polar surface area (TPSA) is 208 Å². The van der Waals surface area contributed by atoms with Gasteiger partial charge in [-0.15, -0.1) is 0 Å². The first-order valence-corrected chi connectivity index (χ1v) is 29.9. The molecular weight excluding hydrogens is 865 g/mol. The zero-order valence-corrected chi connectivity index (χ0v) is 42.9. The smallest absolute Gasteiger partial charge is 0.322 e. The molecule has 15 heteroatoms. The molecule has 1 saturated carbocycles. The van der Waals surface area contributed by atoms with Gasteiger partial charge in [0.1, 0.15) is 12.6 Å². The van der Waals surface area contributed by atoms with Gasteiger partial charge in [0.15, 0.2) is 0 Å². The molecule has 0 unspecified atom stereocenters. The number of carbonyl (C=O) groups excluding carboxylic acids is 6. The SMILES string of the molecule is CCCCCCCCCCCC[Si](CCCCCCCCCCCC)(CCNC(=O)C1CCC(CN2C(=O)C=CC2=O)CC1)CCN[C@H](CCC(N)=O)C(=O)N1CCC[C@@H]1C(=O)NCC(=O)O. The molecule has 3 rings (SSSR count). The number of hydrogen-bond acceptors (Lipinski definition) is 8. The Bertz CT molecular complexity index is 1490. The van der Waals surface area contributed by atoms with E-state index >= 15 is 0 Å². The van der Waals surface area contributed by atoms with Crippen molar-refractivity contribution >= 4 is 49.5 Å². The summed E-state index contributed by atoms with van der Waals surface area (Å²) >= 11 is 0. The molecule has 1 aliphatic carbocycles. The van der Waals surface area contributed by atoms with Crippen molar-refractivity contribution in [3.05, 3.63) is 12.2 Å². The summed E-state index contributed by atoms with van der Waals surface area (Å²) < 4.78 is 0. The Labute approximate surface area is 404 Å². The largest absolute Gasteiger partial charge is 0.480 e. The van der Waals surface area contributed by atoms with E-state index in [2.05, 4.69) is 29.8 Å². The van der Waals surface area contributed by atoms with Crippen LogP contribution in [0.25, 0.3) is 0 Å². The minimum absolute atomic E-state index is 0.0204. The molecule has 0 aromatic rings. The summed E-state index contributed by atoms with van der Waals surface area (Å²) in [4.78, 5) is 91.3. The molecule has 382 valence electrons. The highest BCUT2D eigenvalue weighted by Crippen LogP contribution is 2.33. The molecule has 2 aliphatic heterocycles. The molecular formula is C52H92N6O8Si. The number of likely N-dealkylation sites (tertiary alicyclic amines) is 1. The fraction of sp³-hybridized carbons (Fsp3) is 0.827. The second kappa shape index (κ2) is 33.8. The average molecular weight is 957 g/mol. The summed E-state index contributed by atoms with van der Waals surface area (Å²) in [5.74, 6) is -2.69. The fourth-order valence-corrected chi connectivity index (χ4v) is 15.5. The van der Waals surface area contributed by atoms with Gasteiger partial charge in [-0.2, -0.15) is 0 Å². The predicted molar refractivity (Wildman–Crippen MR) is 269 cm³/mol. The molecule has 0 aromatic carbocycles. The molecule has 2 heterocycles. The maximum absolute atomic E-state index is 14.2. The van der Waals surface area contributed by atoms with Gasteiger partial charge in [0.05, 0.1) is 14.1 Å². The number of unbranched alkanes of at least 4 members (excludes halogenated alkanes) is 18. The van der Waals surface area contributed by atoms with Crippen molar-refractivity contribution in [2.45, 2.75) is 230 Å². The number of amides is 6. The van der Waals surface area contributed by atoms with E-state index in [-0.39, 0.29) is 48.3 Å². The van der Waals surface area contributed by atoms with Gasteiger partial charge in [0.25, 0.3) is 11.8 Å². The number of nitrogens with two attached hydrogens (primary N) is 1. The molecule has 0 spiro atoms. The number of rotatable bonds is 39. The normalized spacial score (nSPS) is 19.0. The van der Waals surface area contributed by atoms with Crippen LogP contribution in [-0.4, -0.2) is 109 Å². The van der Waals surface area contributed by atoms with Crippen molar-refractivity contribution in [3.8, 4) is 0 Å². The van der Waals surface area contributed by atoms with Crippen LogP contribution in [0, 0.1) is 11.8 Å². The number of nitrogens with zero attached hydrogens (tertiary/aromatic N) is 2. The number of primary amides is 1. The van der Waals surface area contributed by atoms with Crippen molar-refractivity contribution in [3.63, 3.8) is 0 Å². The van der Waals surface area contributed by atoms with Gasteiger partial charge >= 0.3 is 5.97 Å². The number of hydrogen-bond donors (Lipinski definition) is 5. The fourth-order valence-electron chi connectivity index (χ4n) is 10.7. The first-order valence-electron chi connectivity index (χ1n) is 27.0. The summed E-state index contributed by atoms with van der Waals surface area (Å²) in [6.07, 6.45) is 32.3. The van der Waals surface area contributed by atoms with Crippen LogP contribution in [0.5, 0.6) is 0 Å². The number of nitrogens with one attached hydrogen (secondary N) is 3. The third-order valence-electron chi connectivity index (χ3n) is 14.9. The number of imide groups is 1. The first kappa shape index (κ1) is 57.7. The van der Waals surface area contributed by atoms with Gasteiger partial charge < -0.3 is 31.7 Å². The van der Waals surface area contributed by atoms with Gasteiger partial charge in [0, 0.05) is 44.1 Å². The Morgan fingerprint density at radius 3 is 1.69 bits per heavy atom. The zero-order valence-electron chi connectivity index (χ0n) is 41.9. The van der Waals surface area contributed by atoms with E-state index in [1.165, 1.54) is 133 Å². The standard InChI is InChI=1S/C52H92N6O8Si/c1-3-5-7-9-11-13-15-17-19-21-36-67(37-22-20-18-16-14-12-10-8-6-4-2,39-34-55-50(64)43-27-25-42(26-28-43)41-58-47(60)31-32-48(58)61)38-33-54-44(29-30-46(53)59)52(66)57-35-23-24-45(57)51(65)56-40-49(62)63/h31-32,42-45,54H,3-30,33-41H2,1-2H3,(H2,53,59)(H,55,64)(H,56,65)(H,62,63)/t42?,43?,44-,45-/m1/s1. The van der Waals surface area contributed by atoms with E-state index in [0.29, 0.717) is 39.0 Å². The van der Waals surface area contributed by atoms with Gasteiger partial charge in [-0.1, -0.05) is 154 Å². The van der Waals surface area contributed by atoms with Gasteiger partial charge in [-0.25, -0.2) is 0 Å². The van der Waals surface area contributed by atoms with Gasteiger partial charge in [-0.05, 0) is 69.5 Å². The quantitative estimate of drug-likeness (QED) is 0.0227. The Kier molecular flexibility index (Phi) is 29.1. The lowest BCUT2D eigenvalue weighted by molar-refractivity contribution is -0.142. The van der Waals surface area contributed by atoms with Gasteiger partial charge in [0.2, 0.25) is 23.6 Å². The number of carbonyl (C=O) groups is 7. The molecule has 2 fully saturated rings. The molecule has 1 saturated heterocycles. The first-order chi connectivity index (χ1) is 32.4. The van der Waals surface area contributed by atoms with Crippen molar-refractivity contribution < 1.29 is 38.7 Å². The highest BCUT2D eigenvalue weighted by molar-refractivity contribution is 6.80. The van der Waals surface area contributed by atoms with Crippen molar-refractivity contribution in [1.29, 1.82) is 0 Å². The van der Waals surface area contributed by atoms with Crippen molar-refractivity contribution in [1.82, 2.24) is 25.8 Å². The summed E-state index contributed by atoms with van der Waals surface area (Å²) in [6, 6.07) is 2.72. The second-order valence-electron chi connectivity index (χ2n) is 20.3. The van der Waals surface area contributed by atoms with Crippen molar-refractivity contribution in [2.75, 3.05) is 32.7 Å². The van der Waals surface area contributed by atoms with Crippen LogP contribution in [0.15, 0.2) is 12.2 Å². The minimum Gasteiger partial charge on any atom is -0.480 e. The lowest BCUT2D eigenvalue weighted by atomic mass is 9.81. The molecule has 2 atom stereocenters. The van der Waals surface area contributed by atoms with E-state index in [0.717, 1.165) is 62.7 Å². The van der Waals surface area contributed by atoms with Crippen LogP contribution >= 0.6 is 0 Å². The van der Waals surface area contributed by atoms with Crippen LogP contribution < -0.4 is 21.7 Å². The third-order valence-corrected chi connectivity index (χ3v) is 20.4. The minimum atomic E-state index is -2.06. The van der Waals surface area contributed by atoms with Crippen molar-refractivity contribution in [2.24, 2.45) is 17.6 Å².